The van der Waals surface area contributed by atoms with Crippen molar-refractivity contribution in [3.8, 4) is 0 Å². The van der Waals surface area contributed by atoms with E-state index in [1.807, 2.05) is 13.8 Å². The fourth-order valence-corrected chi connectivity index (χ4v) is 1.64. The van der Waals surface area contributed by atoms with Gasteiger partial charge in [-0.3, -0.25) is 0 Å². The van der Waals surface area contributed by atoms with Gasteiger partial charge in [0.05, 0.1) is 11.4 Å². The summed E-state index contributed by atoms with van der Waals surface area (Å²) in [6.07, 6.45) is 2.08. The van der Waals surface area contributed by atoms with Crippen molar-refractivity contribution in [1.29, 1.82) is 0 Å². The molecule has 0 unspecified atom stereocenters. The zero-order valence-corrected chi connectivity index (χ0v) is 11.2. The van der Waals surface area contributed by atoms with E-state index in [-0.39, 0.29) is 11.4 Å². The third kappa shape index (κ3) is 10.4. The van der Waals surface area contributed by atoms with Gasteiger partial charge >= 0.3 is 0 Å². The van der Waals surface area contributed by atoms with Crippen LogP contribution >= 0.6 is 0 Å². The first-order chi connectivity index (χ1) is 7.27. The predicted octanol–water partition coefficient (Wildman–Crippen LogP) is 0.887. The summed E-state index contributed by atoms with van der Waals surface area (Å²) in [4.78, 5) is 0. The van der Waals surface area contributed by atoms with Crippen molar-refractivity contribution in [1.82, 2.24) is 0 Å². The maximum Gasteiger partial charge on any atom is 0.209 e. The highest BCUT2D eigenvalue weighted by Gasteiger charge is 2.15. The van der Waals surface area contributed by atoms with E-state index >= 15 is 0 Å². The highest BCUT2D eigenvalue weighted by atomic mass is 32.2. The molecule has 0 aromatic carbocycles. The molecule has 0 aromatic heterocycles. The second kappa shape index (κ2) is 7.21. The molecule has 6 heteroatoms. The Hall–Kier alpha value is -0.170. The lowest BCUT2D eigenvalue weighted by Gasteiger charge is -2.22. The first kappa shape index (κ1) is 15.8. The van der Waals surface area contributed by atoms with Crippen LogP contribution in [0, 0.1) is 0 Å². The minimum atomic E-state index is -3.32. The van der Waals surface area contributed by atoms with E-state index in [1.54, 1.807) is 7.11 Å². The lowest BCUT2D eigenvalue weighted by atomic mass is 10.1. The van der Waals surface area contributed by atoms with Gasteiger partial charge in [-0.1, -0.05) is 0 Å². The molecule has 0 radical (unpaired) electrons. The van der Waals surface area contributed by atoms with Crippen molar-refractivity contribution in [2.45, 2.75) is 38.7 Å². The van der Waals surface area contributed by atoms with Crippen LogP contribution in [0.4, 0.5) is 0 Å². The van der Waals surface area contributed by atoms with E-state index in [0.717, 1.165) is 6.42 Å². The molecule has 0 fully saturated rings. The van der Waals surface area contributed by atoms with Crippen molar-refractivity contribution in [2.24, 2.45) is 5.14 Å². The van der Waals surface area contributed by atoms with Gasteiger partial charge in [0.15, 0.2) is 0 Å². The lowest BCUT2D eigenvalue weighted by molar-refractivity contribution is -0.0100. The van der Waals surface area contributed by atoms with Gasteiger partial charge in [-0.05, 0) is 33.1 Å². The smallest absolute Gasteiger partial charge is 0.209 e. The third-order valence-electron chi connectivity index (χ3n) is 2.37. The van der Waals surface area contributed by atoms with Crippen molar-refractivity contribution in [2.75, 3.05) is 26.1 Å². The minimum absolute atomic E-state index is 0.0277. The molecule has 0 spiro atoms. The van der Waals surface area contributed by atoms with Crippen LogP contribution in [-0.4, -0.2) is 40.1 Å². The van der Waals surface area contributed by atoms with E-state index < -0.39 is 10.0 Å². The molecule has 0 amide bonds. The molecule has 2 N–H and O–H groups in total. The maximum absolute atomic E-state index is 10.6. The van der Waals surface area contributed by atoms with Crippen LogP contribution < -0.4 is 5.14 Å². The molecule has 0 rings (SSSR count). The summed E-state index contributed by atoms with van der Waals surface area (Å²) in [7, 11) is -1.65. The molecule has 0 bridgehead atoms. The Morgan fingerprint density at radius 2 is 1.81 bits per heavy atom. The zero-order chi connectivity index (χ0) is 12.7. The molecule has 0 saturated carbocycles. The van der Waals surface area contributed by atoms with Crippen LogP contribution in [0.2, 0.25) is 0 Å². The number of methoxy groups -OCH3 is 1. The summed E-state index contributed by atoms with van der Waals surface area (Å²) in [5, 5.41) is 4.87. The average Bonchev–Trinajstić information content (AvgIpc) is 2.14. The van der Waals surface area contributed by atoms with Gasteiger partial charge in [-0.2, -0.15) is 0 Å². The largest absolute Gasteiger partial charge is 0.381 e. The van der Waals surface area contributed by atoms with Crippen molar-refractivity contribution in [3.05, 3.63) is 0 Å². The maximum atomic E-state index is 10.6. The van der Waals surface area contributed by atoms with Crippen LogP contribution in [0.3, 0.4) is 0 Å². The number of nitrogens with two attached hydrogens (primary N) is 1. The number of primary sulfonamides is 1. The van der Waals surface area contributed by atoms with Gasteiger partial charge in [0.1, 0.15) is 0 Å². The number of ether oxygens (including phenoxy) is 2. The van der Waals surface area contributed by atoms with Crippen LogP contribution in [0.1, 0.15) is 33.1 Å². The quantitative estimate of drug-likeness (QED) is 0.619. The van der Waals surface area contributed by atoms with Crippen molar-refractivity contribution < 1.29 is 17.9 Å². The summed E-state index contributed by atoms with van der Waals surface area (Å²) in [5.74, 6) is 0.0277. The second-order valence-electron chi connectivity index (χ2n) is 4.40. The Bertz CT molecular complexity index is 275. The fourth-order valence-electron chi connectivity index (χ4n) is 1.03. The highest BCUT2D eigenvalue weighted by Crippen LogP contribution is 2.12. The second-order valence-corrected chi connectivity index (χ2v) is 6.13. The average molecular weight is 253 g/mol. The Labute approximate surface area is 98.4 Å². The Morgan fingerprint density at radius 3 is 2.31 bits per heavy atom. The molecule has 0 saturated heterocycles. The lowest BCUT2D eigenvalue weighted by Crippen LogP contribution is -2.24. The normalized spacial score (nSPS) is 13.0. The number of rotatable bonds is 9. The van der Waals surface area contributed by atoms with Gasteiger partial charge in [0.2, 0.25) is 10.0 Å². The third-order valence-corrected chi connectivity index (χ3v) is 3.23. The molecule has 16 heavy (non-hydrogen) atoms. The standard InChI is InChI=1S/C10H23NO4S/c1-10(2,14-3)6-8-15-7-4-5-9-16(11,12)13/h4-9H2,1-3H3,(H2,11,12,13). The molecule has 0 atom stereocenters. The molecule has 0 aliphatic carbocycles. The molecule has 98 valence electrons. The summed E-state index contributed by atoms with van der Waals surface area (Å²) in [6.45, 7) is 5.18. The Kier molecular flexibility index (Phi) is 7.14. The molecule has 0 aliphatic heterocycles. The monoisotopic (exact) mass is 253 g/mol. The van der Waals surface area contributed by atoms with E-state index in [4.69, 9.17) is 14.6 Å². The summed E-state index contributed by atoms with van der Waals surface area (Å²) < 4.78 is 31.8. The Morgan fingerprint density at radius 1 is 1.19 bits per heavy atom. The molecule has 0 aliphatic rings. The van der Waals surface area contributed by atoms with Gasteiger partial charge in [-0.15, -0.1) is 0 Å². The topological polar surface area (TPSA) is 78.6 Å². The fraction of sp³-hybridized carbons (Fsp3) is 1.00. The molecule has 0 heterocycles. The van der Waals surface area contributed by atoms with E-state index in [1.165, 1.54) is 0 Å². The number of hydrogen-bond acceptors (Lipinski definition) is 4. The summed E-state index contributed by atoms with van der Waals surface area (Å²) in [6, 6.07) is 0. The zero-order valence-electron chi connectivity index (χ0n) is 10.4. The van der Waals surface area contributed by atoms with Crippen LogP contribution in [0.5, 0.6) is 0 Å². The van der Waals surface area contributed by atoms with E-state index in [0.29, 0.717) is 26.1 Å². The van der Waals surface area contributed by atoms with Gasteiger partial charge in [-0.25, -0.2) is 13.6 Å². The number of sulfonamides is 1. The van der Waals surface area contributed by atoms with E-state index in [9.17, 15) is 8.42 Å². The molecular formula is C10H23NO4S. The van der Waals surface area contributed by atoms with Gasteiger partial charge < -0.3 is 9.47 Å². The van der Waals surface area contributed by atoms with Crippen LogP contribution in [0.15, 0.2) is 0 Å². The van der Waals surface area contributed by atoms with Crippen LogP contribution in [0.25, 0.3) is 0 Å². The molecule has 5 nitrogen and oxygen atoms in total. The minimum Gasteiger partial charge on any atom is -0.381 e. The Balaban J connectivity index is 3.35. The predicted molar refractivity (Wildman–Crippen MR) is 63.7 cm³/mol. The van der Waals surface area contributed by atoms with Gasteiger partial charge in [0, 0.05) is 20.3 Å². The number of unbranched alkanes of at least 4 members (excludes halogenated alkanes) is 1. The molecular weight excluding hydrogens is 230 g/mol. The van der Waals surface area contributed by atoms with Crippen LogP contribution in [-0.2, 0) is 19.5 Å². The summed E-state index contributed by atoms with van der Waals surface area (Å²) in [5.41, 5.74) is -0.166. The first-order valence-corrected chi connectivity index (χ1v) is 7.12. The highest BCUT2D eigenvalue weighted by molar-refractivity contribution is 7.89. The molecule has 0 aromatic rings. The summed E-state index contributed by atoms with van der Waals surface area (Å²) >= 11 is 0. The van der Waals surface area contributed by atoms with Crippen molar-refractivity contribution in [3.63, 3.8) is 0 Å². The number of hydrogen-bond donors (Lipinski definition) is 1. The van der Waals surface area contributed by atoms with Gasteiger partial charge in [0.25, 0.3) is 0 Å². The van der Waals surface area contributed by atoms with Crippen molar-refractivity contribution >= 4 is 10.0 Å². The SMILES string of the molecule is COC(C)(C)CCOCCCCS(N)(=O)=O. The first-order valence-electron chi connectivity index (χ1n) is 5.40. The van der Waals surface area contributed by atoms with E-state index in [2.05, 4.69) is 0 Å².